The third kappa shape index (κ3) is 5.01. The van der Waals surface area contributed by atoms with Crippen LogP contribution in [0.3, 0.4) is 0 Å². The number of carbonyl (C=O) groups excluding carboxylic acids is 2. The number of aromatic hydroxyl groups is 1. The number of amides is 2. The second-order valence-corrected chi connectivity index (χ2v) is 8.14. The minimum Gasteiger partial charge on any atom is -0.507 e. The van der Waals surface area contributed by atoms with Gasteiger partial charge in [0, 0.05) is 11.8 Å². The van der Waals surface area contributed by atoms with Crippen molar-refractivity contribution >= 4 is 57.8 Å². The van der Waals surface area contributed by atoms with Crippen molar-refractivity contribution in [2.75, 3.05) is 26.1 Å². The van der Waals surface area contributed by atoms with Crippen LogP contribution in [-0.2, 0) is 9.59 Å². The second kappa shape index (κ2) is 9.71. The lowest BCUT2D eigenvalue weighted by molar-refractivity contribution is -0.126. The highest BCUT2D eigenvalue weighted by atomic mass is 32.2. The largest absolute Gasteiger partial charge is 0.507 e. The molecule has 2 amide bonds. The van der Waals surface area contributed by atoms with Gasteiger partial charge in [-0.25, -0.2) is 4.79 Å². The monoisotopic (exact) mass is 474 g/mol. The molecule has 3 rings (SSSR count). The first-order valence-electron chi connectivity index (χ1n) is 9.07. The highest BCUT2D eigenvalue weighted by molar-refractivity contribution is 8.26. The van der Waals surface area contributed by atoms with Crippen LogP contribution in [0, 0.1) is 0 Å². The number of rotatable bonds is 7. The van der Waals surface area contributed by atoms with Crippen molar-refractivity contribution < 1.29 is 34.1 Å². The Bertz CT molecular complexity index is 1150. The molecule has 9 nitrogen and oxygen atoms in total. The van der Waals surface area contributed by atoms with Crippen molar-refractivity contribution in [2.45, 2.75) is 0 Å². The van der Waals surface area contributed by atoms with E-state index in [1.54, 1.807) is 24.3 Å². The van der Waals surface area contributed by atoms with E-state index in [2.05, 4.69) is 5.32 Å². The Kier molecular flexibility index (Phi) is 7.01. The molecule has 0 radical (unpaired) electrons. The molecule has 1 fully saturated rings. The highest BCUT2D eigenvalue weighted by Gasteiger charge is 2.33. The summed E-state index contributed by atoms with van der Waals surface area (Å²) in [7, 11) is 3.03. The van der Waals surface area contributed by atoms with Crippen LogP contribution >= 0.6 is 24.0 Å². The fourth-order valence-electron chi connectivity index (χ4n) is 2.86. The molecule has 1 aliphatic rings. The van der Waals surface area contributed by atoms with Crippen LogP contribution in [0.4, 0.5) is 5.69 Å². The number of carboxylic acid groups (broad SMARTS) is 1. The molecule has 2 aromatic carbocycles. The number of benzene rings is 2. The number of phenols is 1. The van der Waals surface area contributed by atoms with Crippen molar-refractivity contribution in [2.24, 2.45) is 0 Å². The molecule has 1 aliphatic heterocycles. The molecule has 166 valence electrons. The SMILES string of the molecule is COc1ccc(C=C2SC(=S)N(CC(=O)Nc3ccc(C(=O)O)c(O)c3)C2=O)cc1OC. The van der Waals surface area contributed by atoms with E-state index in [-0.39, 0.29) is 22.1 Å². The van der Waals surface area contributed by atoms with Gasteiger partial charge in [0.15, 0.2) is 11.5 Å². The van der Waals surface area contributed by atoms with Gasteiger partial charge in [0.2, 0.25) is 5.91 Å². The Balaban J connectivity index is 1.71. The standard InChI is InChI=1S/C21H18N2O7S2/c1-29-15-6-3-11(7-16(15)30-2)8-17-19(26)23(21(31)32-17)10-18(25)22-12-4-5-13(20(27)28)14(24)9-12/h3-9,24H,10H2,1-2H3,(H,22,25)(H,27,28). The van der Waals surface area contributed by atoms with Crippen molar-refractivity contribution in [3.05, 3.63) is 52.4 Å². The van der Waals surface area contributed by atoms with Gasteiger partial charge in [-0.15, -0.1) is 0 Å². The summed E-state index contributed by atoms with van der Waals surface area (Å²) in [4.78, 5) is 37.6. The Labute approximate surface area is 192 Å². The van der Waals surface area contributed by atoms with Gasteiger partial charge in [-0.2, -0.15) is 0 Å². The van der Waals surface area contributed by atoms with Crippen LogP contribution < -0.4 is 14.8 Å². The molecular formula is C21H18N2O7S2. The van der Waals surface area contributed by atoms with E-state index in [0.29, 0.717) is 22.0 Å². The number of nitrogens with one attached hydrogen (secondary N) is 1. The molecule has 32 heavy (non-hydrogen) atoms. The number of thioether (sulfide) groups is 1. The summed E-state index contributed by atoms with van der Waals surface area (Å²) in [5.74, 6) is -1.70. The molecule has 0 atom stereocenters. The number of hydrogen-bond acceptors (Lipinski definition) is 8. The summed E-state index contributed by atoms with van der Waals surface area (Å²) in [6.45, 7) is -0.338. The van der Waals surface area contributed by atoms with E-state index in [4.69, 9.17) is 26.8 Å². The number of aromatic carboxylic acids is 1. The van der Waals surface area contributed by atoms with E-state index in [9.17, 15) is 19.5 Å². The number of carbonyl (C=O) groups is 3. The molecule has 1 heterocycles. The number of carboxylic acids is 1. The second-order valence-electron chi connectivity index (χ2n) is 6.47. The minimum atomic E-state index is -1.29. The molecule has 0 bridgehead atoms. The number of anilines is 1. The van der Waals surface area contributed by atoms with Gasteiger partial charge >= 0.3 is 5.97 Å². The van der Waals surface area contributed by atoms with Crippen molar-refractivity contribution in [1.29, 1.82) is 0 Å². The third-order valence-electron chi connectivity index (χ3n) is 4.39. The summed E-state index contributed by atoms with van der Waals surface area (Å²) in [5.41, 5.74) is 0.589. The third-order valence-corrected chi connectivity index (χ3v) is 5.77. The molecule has 2 aromatic rings. The summed E-state index contributed by atoms with van der Waals surface area (Å²) in [6, 6.07) is 8.80. The minimum absolute atomic E-state index is 0.184. The zero-order valence-corrected chi connectivity index (χ0v) is 18.6. The summed E-state index contributed by atoms with van der Waals surface area (Å²) in [6.07, 6.45) is 1.64. The maximum absolute atomic E-state index is 12.8. The van der Waals surface area contributed by atoms with Gasteiger partial charge < -0.3 is 25.0 Å². The van der Waals surface area contributed by atoms with Crippen LogP contribution in [0.25, 0.3) is 6.08 Å². The molecule has 0 aromatic heterocycles. The summed E-state index contributed by atoms with van der Waals surface area (Å²) < 4.78 is 10.7. The Morgan fingerprint density at radius 1 is 1.16 bits per heavy atom. The van der Waals surface area contributed by atoms with Gasteiger partial charge in [0.25, 0.3) is 5.91 Å². The molecule has 3 N–H and O–H groups in total. The predicted octanol–water partition coefficient (Wildman–Crippen LogP) is 2.95. The molecule has 1 saturated heterocycles. The average Bonchev–Trinajstić information content (AvgIpc) is 3.00. The van der Waals surface area contributed by atoms with Gasteiger partial charge in [-0.05, 0) is 35.9 Å². The van der Waals surface area contributed by atoms with E-state index >= 15 is 0 Å². The van der Waals surface area contributed by atoms with E-state index in [0.717, 1.165) is 22.7 Å². The lowest BCUT2D eigenvalue weighted by Gasteiger charge is -2.14. The number of thiocarbonyl (C=S) groups is 1. The number of ether oxygens (including phenoxy) is 2. The molecular weight excluding hydrogens is 456 g/mol. The molecule has 0 spiro atoms. The zero-order valence-electron chi connectivity index (χ0n) is 16.9. The van der Waals surface area contributed by atoms with Crippen LogP contribution in [0.2, 0.25) is 0 Å². The summed E-state index contributed by atoms with van der Waals surface area (Å²) >= 11 is 6.31. The first-order valence-corrected chi connectivity index (χ1v) is 10.3. The van der Waals surface area contributed by atoms with Gasteiger partial charge in [0.1, 0.15) is 22.2 Å². The molecule has 0 saturated carbocycles. The fraction of sp³-hybridized carbons (Fsp3) is 0.143. The molecule has 0 unspecified atom stereocenters. The van der Waals surface area contributed by atoms with Crippen LogP contribution in [0.1, 0.15) is 15.9 Å². The number of methoxy groups -OCH3 is 2. The quantitative estimate of drug-likeness (QED) is 0.410. The van der Waals surface area contributed by atoms with Crippen molar-refractivity contribution in [3.8, 4) is 17.2 Å². The maximum Gasteiger partial charge on any atom is 0.339 e. The molecule has 0 aliphatic carbocycles. The van der Waals surface area contributed by atoms with Crippen LogP contribution in [0.5, 0.6) is 17.2 Å². The summed E-state index contributed by atoms with van der Waals surface area (Å²) in [5, 5.41) is 21.2. The topological polar surface area (TPSA) is 125 Å². The highest BCUT2D eigenvalue weighted by Crippen LogP contribution is 2.34. The Morgan fingerprint density at radius 3 is 2.50 bits per heavy atom. The number of hydrogen-bond donors (Lipinski definition) is 3. The Hall–Kier alpha value is -3.57. The molecule has 11 heteroatoms. The first-order chi connectivity index (χ1) is 15.2. The average molecular weight is 475 g/mol. The maximum atomic E-state index is 12.8. The van der Waals surface area contributed by atoms with Crippen LogP contribution in [0.15, 0.2) is 41.3 Å². The van der Waals surface area contributed by atoms with Crippen LogP contribution in [-0.4, -0.2) is 58.0 Å². The predicted molar refractivity (Wildman–Crippen MR) is 123 cm³/mol. The van der Waals surface area contributed by atoms with Gasteiger partial charge in [-0.3, -0.25) is 14.5 Å². The van der Waals surface area contributed by atoms with Gasteiger partial charge in [-0.1, -0.05) is 30.0 Å². The Morgan fingerprint density at radius 2 is 1.88 bits per heavy atom. The number of nitrogens with zero attached hydrogens (tertiary/aromatic N) is 1. The van der Waals surface area contributed by atoms with Crippen molar-refractivity contribution in [3.63, 3.8) is 0 Å². The van der Waals surface area contributed by atoms with E-state index in [1.165, 1.54) is 26.4 Å². The van der Waals surface area contributed by atoms with E-state index < -0.39 is 23.5 Å². The fourth-order valence-corrected chi connectivity index (χ4v) is 4.12. The van der Waals surface area contributed by atoms with Gasteiger partial charge in [0.05, 0.1) is 19.1 Å². The normalized spacial score (nSPS) is 14.6. The lowest BCUT2D eigenvalue weighted by atomic mass is 10.2. The zero-order chi connectivity index (χ0) is 23.4. The van der Waals surface area contributed by atoms with Crippen molar-refractivity contribution in [1.82, 2.24) is 4.90 Å². The lowest BCUT2D eigenvalue weighted by Crippen LogP contribution is -2.36. The smallest absolute Gasteiger partial charge is 0.339 e. The first kappa shape index (κ1) is 23.1. The van der Waals surface area contributed by atoms with E-state index in [1.807, 2.05) is 0 Å².